The van der Waals surface area contributed by atoms with E-state index in [0.717, 1.165) is 3.79 Å². The van der Waals surface area contributed by atoms with Crippen molar-refractivity contribution in [3.8, 4) is 5.75 Å². The zero-order valence-electron chi connectivity index (χ0n) is 11.4. The number of amides is 2. The quantitative estimate of drug-likeness (QED) is 0.793. The van der Waals surface area contributed by atoms with E-state index in [2.05, 4.69) is 26.8 Å². The topological polar surface area (TPSA) is 67.4 Å². The summed E-state index contributed by atoms with van der Waals surface area (Å²) in [7, 11) is 0. The molecule has 1 atom stereocenters. The van der Waals surface area contributed by atoms with Crippen molar-refractivity contribution in [2.24, 2.45) is 0 Å². The third-order valence-electron chi connectivity index (χ3n) is 2.61. The van der Waals surface area contributed by atoms with Crippen LogP contribution in [-0.2, 0) is 4.79 Å². The molecule has 2 aromatic rings. The van der Waals surface area contributed by atoms with Crippen molar-refractivity contribution in [3.05, 3.63) is 50.9 Å². The minimum atomic E-state index is -0.965. The van der Waals surface area contributed by atoms with Crippen LogP contribution in [0, 0.1) is 5.82 Å². The van der Waals surface area contributed by atoms with E-state index in [1.807, 2.05) is 0 Å². The first kappa shape index (κ1) is 16.4. The Morgan fingerprint density at radius 3 is 2.59 bits per heavy atom. The summed E-state index contributed by atoms with van der Waals surface area (Å²) in [6.07, 6.45) is -0.965. The predicted molar refractivity (Wildman–Crippen MR) is 84.1 cm³/mol. The molecular weight excluding hydrogens is 375 g/mol. The van der Waals surface area contributed by atoms with Crippen LogP contribution in [0.1, 0.15) is 16.6 Å². The smallest absolute Gasteiger partial charge is 0.279 e. The molecule has 0 aliphatic carbocycles. The van der Waals surface area contributed by atoms with Gasteiger partial charge in [-0.25, -0.2) is 4.39 Å². The summed E-state index contributed by atoms with van der Waals surface area (Å²) in [5.41, 5.74) is 4.51. The molecule has 0 spiro atoms. The van der Waals surface area contributed by atoms with E-state index in [-0.39, 0.29) is 5.75 Å². The molecule has 0 radical (unpaired) electrons. The predicted octanol–water partition coefficient (Wildman–Crippen LogP) is 2.88. The van der Waals surface area contributed by atoms with E-state index in [9.17, 15) is 14.0 Å². The lowest BCUT2D eigenvalue weighted by atomic mass is 10.3. The minimum absolute atomic E-state index is 0.0290. The van der Waals surface area contributed by atoms with Gasteiger partial charge in [0.15, 0.2) is 17.7 Å². The number of hydrogen-bond donors (Lipinski definition) is 2. The molecule has 1 aromatic carbocycles. The van der Waals surface area contributed by atoms with Crippen LogP contribution in [0.3, 0.4) is 0 Å². The molecule has 2 N–H and O–H groups in total. The van der Waals surface area contributed by atoms with Crippen LogP contribution in [0.25, 0.3) is 0 Å². The van der Waals surface area contributed by atoms with Gasteiger partial charge in [0.05, 0.1) is 8.66 Å². The molecule has 1 unspecified atom stereocenters. The molecule has 0 saturated carbocycles. The molecule has 2 rings (SSSR count). The number of rotatable bonds is 4. The van der Waals surface area contributed by atoms with E-state index in [1.165, 1.54) is 36.5 Å². The van der Waals surface area contributed by atoms with Crippen molar-refractivity contribution in [2.45, 2.75) is 13.0 Å². The lowest BCUT2D eigenvalue weighted by molar-refractivity contribution is -0.128. The second kappa shape index (κ2) is 7.37. The Labute approximate surface area is 138 Å². The van der Waals surface area contributed by atoms with E-state index < -0.39 is 23.7 Å². The van der Waals surface area contributed by atoms with Crippen molar-refractivity contribution in [1.82, 2.24) is 10.9 Å². The van der Waals surface area contributed by atoms with Gasteiger partial charge in [-0.1, -0.05) is 12.1 Å². The van der Waals surface area contributed by atoms with Gasteiger partial charge in [-0.3, -0.25) is 20.4 Å². The second-order valence-corrected chi connectivity index (χ2v) is 6.70. The van der Waals surface area contributed by atoms with Crippen molar-refractivity contribution in [1.29, 1.82) is 0 Å². The molecule has 5 nitrogen and oxygen atoms in total. The number of hydrazine groups is 1. The molecule has 0 fully saturated rings. The fourth-order valence-electron chi connectivity index (χ4n) is 1.50. The molecule has 1 heterocycles. The number of benzene rings is 1. The normalized spacial score (nSPS) is 11.6. The molecule has 22 heavy (non-hydrogen) atoms. The second-order valence-electron chi connectivity index (χ2n) is 4.24. The van der Waals surface area contributed by atoms with E-state index >= 15 is 0 Å². The van der Waals surface area contributed by atoms with Crippen LogP contribution in [0.5, 0.6) is 5.75 Å². The van der Waals surface area contributed by atoms with E-state index in [4.69, 9.17) is 4.74 Å². The number of ether oxygens (including phenoxy) is 1. The molecule has 2 amide bonds. The van der Waals surface area contributed by atoms with Gasteiger partial charge in [-0.15, -0.1) is 11.3 Å². The van der Waals surface area contributed by atoms with E-state index in [0.29, 0.717) is 4.88 Å². The molecule has 0 aliphatic rings. The number of para-hydroxylation sites is 1. The standard InChI is InChI=1S/C14H12BrFN2O3S/c1-8(21-10-5-3-2-4-9(10)16)13(19)17-18-14(20)11-6-7-12(15)22-11/h2-8H,1H3,(H,17,19)(H,18,20). The Morgan fingerprint density at radius 2 is 1.95 bits per heavy atom. The minimum Gasteiger partial charge on any atom is -0.478 e. The number of carbonyl (C=O) groups excluding carboxylic acids is 2. The Bertz CT molecular complexity index is 692. The summed E-state index contributed by atoms with van der Waals surface area (Å²) in [6.45, 7) is 1.45. The lowest BCUT2D eigenvalue weighted by Crippen LogP contribution is -2.47. The van der Waals surface area contributed by atoms with Gasteiger partial charge in [-0.2, -0.15) is 0 Å². The fraction of sp³-hybridized carbons (Fsp3) is 0.143. The average Bonchev–Trinajstić information content (AvgIpc) is 2.93. The van der Waals surface area contributed by atoms with Crippen LogP contribution in [-0.4, -0.2) is 17.9 Å². The number of hydrogen-bond acceptors (Lipinski definition) is 4. The first-order valence-electron chi connectivity index (χ1n) is 6.24. The third-order valence-corrected chi connectivity index (χ3v) is 4.23. The summed E-state index contributed by atoms with van der Waals surface area (Å²) in [4.78, 5) is 24.0. The number of thiophene rings is 1. The van der Waals surface area contributed by atoms with Gasteiger partial charge in [0.25, 0.3) is 11.8 Å². The fourth-order valence-corrected chi connectivity index (χ4v) is 2.78. The Morgan fingerprint density at radius 1 is 1.23 bits per heavy atom. The summed E-state index contributed by atoms with van der Waals surface area (Å²) < 4.78 is 19.4. The maximum Gasteiger partial charge on any atom is 0.279 e. The number of halogens is 2. The van der Waals surface area contributed by atoms with Crippen LogP contribution in [0.2, 0.25) is 0 Å². The van der Waals surface area contributed by atoms with Crippen molar-refractivity contribution < 1.29 is 18.7 Å². The van der Waals surface area contributed by atoms with Crippen molar-refractivity contribution in [3.63, 3.8) is 0 Å². The molecule has 0 bridgehead atoms. The molecule has 116 valence electrons. The maximum atomic E-state index is 13.4. The third kappa shape index (κ3) is 4.28. The van der Waals surface area contributed by atoms with Gasteiger partial charge in [0.1, 0.15) is 0 Å². The summed E-state index contributed by atoms with van der Waals surface area (Å²) >= 11 is 4.48. The highest BCUT2D eigenvalue weighted by atomic mass is 79.9. The highest BCUT2D eigenvalue weighted by Crippen LogP contribution is 2.21. The Hall–Kier alpha value is -1.93. The molecule has 1 aromatic heterocycles. The monoisotopic (exact) mass is 386 g/mol. The molecule has 8 heteroatoms. The van der Waals surface area contributed by atoms with Crippen LogP contribution < -0.4 is 15.6 Å². The van der Waals surface area contributed by atoms with Crippen LogP contribution in [0.15, 0.2) is 40.2 Å². The zero-order chi connectivity index (χ0) is 16.1. The maximum absolute atomic E-state index is 13.4. The van der Waals surface area contributed by atoms with Gasteiger partial charge < -0.3 is 4.74 Å². The van der Waals surface area contributed by atoms with Crippen molar-refractivity contribution >= 4 is 39.1 Å². The van der Waals surface area contributed by atoms with E-state index in [1.54, 1.807) is 18.2 Å². The number of nitrogens with one attached hydrogen (secondary N) is 2. The zero-order valence-corrected chi connectivity index (χ0v) is 13.8. The Balaban J connectivity index is 1.86. The molecule has 0 aliphatic heterocycles. The SMILES string of the molecule is CC(Oc1ccccc1F)C(=O)NNC(=O)c1ccc(Br)s1. The summed E-state index contributed by atoms with van der Waals surface area (Å²) in [6, 6.07) is 9.11. The highest BCUT2D eigenvalue weighted by molar-refractivity contribution is 9.11. The van der Waals surface area contributed by atoms with Gasteiger partial charge >= 0.3 is 0 Å². The van der Waals surface area contributed by atoms with Crippen LogP contribution in [0.4, 0.5) is 4.39 Å². The van der Waals surface area contributed by atoms with Gasteiger partial charge in [0.2, 0.25) is 0 Å². The van der Waals surface area contributed by atoms with Crippen LogP contribution >= 0.6 is 27.3 Å². The first-order chi connectivity index (χ1) is 10.5. The largest absolute Gasteiger partial charge is 0.478 e. The summed E-state index contributed by atoms with van der Waals surface area (Å²) in [5, 5.41) is 0. The summed E-state index contributed by atoms with van der Waals surface area (Å²) in [5.74, 6) is -1.62. The van der Waals surface area contributed by atoms with Gasteiger partial charge in [0, 0.05) is 0 Å². The Kier molecular flexibility index (Phi) is 5.51. The molecule has 0 saturated heterocycles. The average molecular weight is 387 g/mol. The molecular formula is C14H12BrFN2O3S. The first-order valence-corrected chi connectivity index (χ1v) is 7.85. The van der Waals surface area contributed by atoms with Crippen molar-refractivity contribution in [2.75, 3.05) is 0 Å². The highest BCUT2D eigenvalue weighted by Gasteiger charge is 2.17. The van der Waals surface area contributed by atoms with Gasteiger partial charge in [-0.05, 0) is 47.1 Å². The lowest BCUT2D eigenvalue weighted by Gasteiger charge is -2.15. The number of carbonyl (C=O) groups is 2.